The number of hydrogen-bond donors (Lipinski definition) is 1. The van der Waals surface area contributed by atoms with E-state index in [1.807, 2.05) is 6.92 Å². The molecular formula is C14H25N3O. The van der Waals surface area contributed by atoms with Crippen LogP contribution in [-0.4, -0.2) is 43.0 Å². The summed E-state index contributed by atoms with van der Waals surface area (Å²) in [5, 5.41) is 0. The van der Waals surface area contributed by atoms with Crippen molar-refractivity contribution in [3.05, 3.63) is 23.2 Å². The molecular weight excluding hydrogens is 226 g/mol. The van der Waals surface area contributed by atoms with Crippen LogP contribution in [0.2, 0.25) is 0 Å². The second-order valence-electron chi connectivity index (χ2n) is 5.70. The minimum Gasteiger partial charge on any atom is -0.465 e. The van der Waals surface area contributed by atoms with Crippen LogP contribution >= 0.6 is 0 Å². The largest absolute Gasteiger partial charge is 0.465 e. The third-order valence-electron chi connectivity index (χ3n) is 3.98. The van der Waals surface area contributed by atoms with Gasteiger partial charge < -0.3 is 15.1 Å². The fourth-order valence-electron chi connectivity index (χ4n) is 2.94. The standard InChI is InChI=1S/C14H25N3O/c1-10-7-17(9-14(10)16(3)4)8-13-5-12(6-15)11(2)18-13/h5,10,14H,6-9,15H2,1-4H3. The van der Waals surface area contributed by atoms with Crippen LogP contribution in [0.1, 0.15) is 24.0 Å². The molecule has 0 aromatic carbocycles. The summed E-state index contributed by atoms with van der Waals surface area (Å²) in [5.74, 6) is 2.72. The molecule has 0 saturated carbocycles. The maximum atomic E-state index is 5.76. The highest BCUT2D eigenvalue weighted by molar-refractivity contribution is 5.20. The van der Waals surface area contributed by atoms with Crippen LogP contribution in [0.3, 0.4) is 0 Å². The van der Waals surface area contributed by atoms with Gasteiger partial charge in [0.15, 0.2) is 0 Å². The Morgan fingerprint density at radius 2 is 2.17 bits per heavy atom. The molecule has 2 rings (SSSR count). The summed E-state index contributed by atoms with van der Waals surface area (Å²) in [6.45, 7) is 8.03. The van der Waals surface area contributed by atoms with Crippen molar-refractivity contribution in [3.8, 4) is 0 Å². The zero-order chi connectivity index (χ0) is 13.3. The molecule has 2 N–H and O–H groups in total. The van der Waals surface area contributed by atoms with Crippen molar-refractivity contribution in [3.63, 3.8) is 0 Å². The Morgan fingerprint density at radius 1 is 1.44 bits per heavy atom. The molecule has 1 saturated heterocycles. The number of rotatable bonds is 4. The molecule has 0 aliphatic carbocycles. The van der Waals surface area contributed by atoms with Crippen LogP contribution in [-0.2, 0) is 13.1 Å². The number of likely N-dealkylation sites (N-methyl/N-ethyl adjacent to an activating group) is 1. The number of nitrogens with two attached hydrogens (primary N) is 1. The molecule has 1 aliphatic rings. The quantitative estimate of drug-likeness (QED) is 0.879. The third-order valence-corrected chi connectivity index (χ3v) is 3.98. The fourth-order valence-corrected chi connectivity index (χ4v) is 2.94. The van der Waals surface area contributed by atoms with E-state index < -0.39 is 0 Å². The summed E-state index contributed by atoms with van der Waals surface area (Å²) in [4.78, 5) is 4.79. The summed E-state index contributed by atoms with van der Waals surface area (Å²) in [7, 11) is 4.32. The van der Waals surface area contributed by atoms with Gasteiger partial charge in [-0.2, -0.15) is 0 Å². The minimum absolute atomic E-state index is 0.562. The lowest BCUT2D eigenvalue weighted by atomic mass is 10.1. The van der Waals surface area contributed by atoms with Crippen LogP contribution in [0.25, 0.3) is 0 Å². The Labute approximate surface area is 110 Å². The first-order chi connectivity index (χ1) is 8.51. The van der Waals surface area contributed by atoms with Gasteiger partial charge in [-0.05, 0) is 33.0 Å². The van der Waals surface area contributed by atoms with Crippen LogP contribution in [0.5, 0.6) is 0 Å². The van der Waals surface area contributed by atoms with Gasteiger partial charge in [0.25, 0.3) is 0 Å². The van der Waals surface area contributed by atoms with Gasteiger partial charge in [0.1, 0.15) is 11.5 Å². The summed E-state index contributed by atoms with van der Waals surface area (Å²) in [6, 6.07) is 2.75. The van der Waals surface area contributed by atoms with Crippen LogP contribution in [0, 0.1) is 12.8 Å². The predicted molar refractivity (Wildman–Crippen MR) is 73.3 cm³/mol. The van der Waals surface area contributed by atoms with Crippen molar-refractivity contribution in [1.82, 2.24) is 9.80 Å². The van der Waals surface area contributed by atoms with E-state index >= 15 is 0 Å². The van der Waals surface area contributed by atoms with E-state index in [1.54, 1.807) is 0 Å². The maximum Gasteiger partial charge on any atom is 0.118 e. The topological polar surface area (TPSA) is 45.6 Å². The van der Waals surface area contributed by atoms with E-state index in [1.165, 1.54) is 0 Å². The molecule has 102 valence electrons. The van der Waals surface area contributed by atoms with Crippen LogP contribution < -0.4 is 5.73 Å². The SMILES string of the molecule is Cc1oc(CN2CC(C)C(N(C)C)C2)cc1CN. The van der Waals surface area contributed by atoms with Gasteiger partial charge in [-0.15, -0.1) is 0 Å². The van der Waals surface area contributed by atoms with E-state index in [-0.39, 0.29) is 0 Å². The Balaban J connectivity index is 1.98. The predicted octanol–water partition coefficient (Wildman–Crippen LogP) is 1.43. The van der Waals surface area contributed by atoms with Crippen molar-refractivity contribution in [2.75, 3.05) is 27.2 Å². The van der Waals surface area contributed by atoms with Crippen molar-refractivity contribution in [2.24, 2.45) is 11.7 Å². The van der Waals surface area contributed by atoms with Gasteiger partial charge in [-0.1, -0.05) is 6.92 Å². The Kier molecular flexibility index (Phi) is 4.10. The minimum atomic E-state index is 0.562. The summed E-state index contributed by atoms with van der Waals surface area (Å²) >= 11 is 0. The maximum absolute atomic E-state index is 5.76. The van der Waals surface area contributed by atoms with E-state index in [2.05, 4.69) is 36.9 Å². The van der Waals surface area contributed by atoms with Crippen LogP contribution in [0.4, 0.5) is 0 Å². The van der Waals surface area contributed by atoms with Crippen molar-refractivity contribution in [1.29, 1.82) is 0 Å². The first-order valence-corrected chi connectivity index (χ1v) is 6.68. The summed E-state index contributed by atoms with van der Waals surface area (Å²) < 4.78 is 5.76. The summed E-state index contributed by atoms with van der Waals surface area (Å²) in [5.41, 5.74) is 6.80. The second kappa shape index (κ2) is 5.43. The number of hydrogen-bond acceptors (Lipinski definition) is 4. The van der Waals surface area contributed by atoms with Gasteiger partial charge in [-0.25, -0.2) is 0 Å². The highest BCUT2D eigenvalue weighted by Gasteiger charge is 2.31. The van der Waals surface area contributed by atoms with E-state index in [0.717, 1.165) is 36.7 Å². The second-order valence-corrected chi connectivity index (χ2v) is 5.70. The molecule has 0 radical (unpaired) electrons. The van der Waals surface area contributed by atoms with Gasteiger partial charge >= 0.3 is 0 Å². The number of furan rings is 1. The molecule has 0 amide bonds. The smallest absolute Gasteiger partial charge is 0.118 e. The summed E-state index contributed by atoms with van der Waals surface area (Å²) in [6.07, 6.45) is 0. The molecule has 4 nitrogen and oxygen atoms in total. The van der Waals surface area contributed by atoms with E-state index in [9.17, 15) is 0 Å². The number of aryl methyl sites for hydroxylation is 1. The van der Waals surface area contributed by atoms with Gasteiger partial charge in [-0.3, -0.25) is 4.90 Å². The third kappa shape index (κ3) is 2.76. The fraction of sp³-hybridized carbons (Fsp3) is 0.714. The molecule has 0 bridgehead atoms. The Hall–Kier alpha value is -0.840. The van der Waals surface area contributed by atoms with Gasteiger partial charge in [0.05, 0.1) is 6.54 Å². The normalized spacial score (nSPS) is 25.2. The molecule has 2 heterocycles. The Bertz CT molecular complexity index is 400. The molecule has 2 unspecified atom stereocenters. The Morgan fingerprint density at radius 3 is 2.67 bits per heavy atom. The molecule has 1 aromatic rings. The first-order valence-electron chi connectivity index (χ1n) is 6.68. The molecule has 18 heavy (non-hydrogen) atoms. The highest BCUT2D eigenvalue weighted by atomic mass is 16.3. The van der Waals surface area contributed by atoms with E-state index in [0.29, 0.717) is 18.5 Å². The van der Waals surface area contributed by atoms with Crippen molar-refractivity contribution >= 4 is 0 Å². The lowest BCUT2D eigenvalue weighted by molar-refractivity contribution is 0.243. The molecule has 2 atom stereocenters. The molecule has 1 fully saturated rings. The molecule has 4 heteroatoms. The number of nitrogens with zero attached hydrogens (tertiary/aromatic N) is 2. The molecule has 1 aliphatic heterocycles. The lowest BCUT2D eigenvalue weighted by Crippen LogP contribution is -2.34. The van der Waals surface area contributed by atoms with Gasteiger partial charge in [0, 0.05) is 31.2 Å². The monoisotopic (exact) mass is 251 g/mol. The van der Waals surface area contributed by atoms with Gasteiger partial charge in [0.2, 0.25) is 0 Å². The van der Waals surface area contributed by atoms with Crippen LogP contribution in [0.15, 0.2) is 10.5 Å². The average Bonchev–Trinajstić information content (AvgIpc) is 2.82. The van der Waals surface area contributed by atoms with Crippen molar-refractivity contribution in [2.45, 2.75) is 33.0 Å². The lowest BCUT2D eigenvalue weighted by Gasteiger charge is -2.22. The molecule has 1 aromatic heterocycles. The first kappa shape index (κ1) is 13.6. The number of likely N-dealkylation sites (tertiary alicyclic amines) is 1. The van der Waals surface area contributed by atoms with Crippen molar-refractivity contribution < 1.29 is 4.42 Å². The average molecular weight is 251 g/mol. The zero-order valence-electron chi connectivity index (χ0n) is 11.9. The molecule has 0 spiro atoms. The van der Waals surface area contributed by atoms with E-state index in [4.69, 9.17) is 10.2 Å². The highest BCUT2D eigenvalue weighted by Crippen LogP contribution is 2.23. The zero-order valence-corrected chi connectivity index (χ0v) is 11.9.